The second-order valence-corrected chi connectivity index (χ2v) is 4.25. The fourth-order valence-electron chi connectivity index (χ4n) is 1.25. The van der Waals surface area contributed by atoms with E-state index in [0.29, 0.717) is 10.5 Å². The zero-order valence-electron chi connectivity index (χ0n) is 8.33. The van der Waals surface area contributed by atoms with Crippen LogP contribution in [0.4, 0.5) is 0 Å². The number of quaternary nitrogens is 1. The molecule has 0 aromatic rings. The topological polar surface area (TPSA) is 12.4 Å². The van der Waals surface area contributed by atoms with Crippen molar-refractivity contribution in [1.29, 1.82) is 0 Å². The molecule has 0 radical (unpaired) electrons. The molecule has 68 valence electrons. The van der Waals surface area contributed by atoms with Gasteiger partial charge in [0.25, 0.3) is 0 Å². The Balaban J connectivity index is 2.40. The maximum atomic E-state index is 4.46. The van der Waals surface area contributed by atoms with E-state index in [4.69, 9.17) is 0 Å². The Bertz CT molecular complexity index is 187. The van der Waals surface area contributed by atoms with Crippen LogP contribution in [0.2, 0.25) is 0 Å². The third-order valence-corrected chi connectivity index (χ3v) is 1.93. The molecule has 2 nitrogen and oxygen atoms in total. The monoisotopic (exact) mass is 167 g/mol. The van der Waals surface area contributed by atoms with Gasteiger partial charge in [0.05, 0.1) is 27.4 Å². The van der Waals surface area contributed by atoms with Crippen molar-refractivity contribution in [2.75, 3.05) is 21.1 Å². The Kier molecular flexibility index (Phi) is 3.04. The summed E-state index contributed by atoms with van der Waals surface area (Å²) >= 11 is 0. The SMILES string of the molecule is C[N+](C)(C)/N=C/[C@@H]1CC=CCC1. The molecule has 1 aliphatic rings. The van der Waals surface area contributed by atoms with Gasteiger partial charge in [-0.05, 0) is 19.3 Å². The fourth-order valence-corrected chi connectivity index (χ4v) is 1.25. The van der Waals surface area contributed by atoms with Gasteiger partial charge in [-0.1, -0.05) is 17.3 Å². The van der Waals surface area contributed by atoms with Crippen LogP contribution in [-0.4, -0.2) is 31.9 Å². The van der Waals surface area contributed by atoms with Gasteiger partial charge in [-0.15, -0.1) is 0 Å². The molecule has 1 aliphatic carbocycles. The Hall–Kier alpha value is -0.630. The maximum absolute atomic E-state index is 4.46. The van der Waals surface area contributed by atoms with Gasteiger partial charge < -0.3 is 0 Å². The van der Waals surface area contributed by atoms with Crippen LogP contribution in [0.5, 0.6) is 0 Å². The lowest BCUT2D eigenvalue weighted by Crippen LogP contribution is -2.28. The minimum Gasteiger partial charge on any atom is -0.205 e. The highest BCUT2D eigenvalue weighted by atomic mass is 15.6. The van der Waals surface area contributed by atoms with Crippen molar-refractivity contribution in [2.45, 2.75) is 19.3 Å². The van der Waals surface area contributed by atoms with Crippen LogP contribution in [0.25, 0.3) is 0 Å². The lowest BCUT2D eigenvalue weighted by Gasteiger charge is -2.17. The van der Waals surface area contributed by atoms with E-state index in [-0.39, 0.29) is 0 Å². The summed E-state index contributed by atoms with van der Waals surface area (Å²) in [4.78, 5) is 0. The van der Waals surface area contributed by atoms with Crippen LogP contribution in [0.1, 0.15) is 19.3 Å². The molecule has 0 aromatic heterocycles. The highest BCUT2D eigenvalue weighted by Crippen LogP contribution is 2.16. The average molecular weight is 167 g/mol. The van der Waals surface area contributed by atoms with Gasteiger partial charge in [0, 0.05) is 5.92 Å². The van der Waals surface area contributed by atoms with E-state index in [1.165, 1.54) is 19.3 Å². The van der Waals surface area contributed by atoms with E-state index < -0.39 is 0 Å². The van der Waals surface area contributed by atoms with E-state index in [1.54, 1.807) is 0 Å². The number of hydrogen-bond donors (Lipinski definition) is 0. The Morgan fingerprint density at radius 2 is 2.08 bits per heavy atom. The number of rotatable bonds is 2. The highest BCUT2D eigenvalue weighted by Gasteiger charge is 2.09. The van der Waals surface area contributed by atoms with Gasteiger partial charge in [0.1, 0.15) is 0 Å². The summed E-state index contributed by atoms with van der Waals surface area (Å²) < 4.78 is 0.681. The minimum atomic E-state index is 0.673. The molecule has 0 aromatic carbocycles. The van der Waals surface area contributed by atoms with Crippen molar-refractivity contribution in [3.05, 3.63) is 12.2 Å². The van der Waals surface area contributed by atoms with Crippen molar-refractivity contribution >= 4 is 6.21 Å². The molecular weight excluding hydrogens is 148 g/mol. The Morgan fingerprint density at radius 1 is 1.33 bits per heavy atom. The molecule has 0 unspecified atom stereocenters. The molecule has 12 heavy (non-hydrogen) atoms. The molecule has 0 saturated heterocycles. The lowest BCUT2D eigenvalue weighted by atomic mass is 9.96. The van der Waals surface area contributed by atoms with E-state index in [1.807, 2.05) is 0 Å². The number of allylic oxidation sites excluding steroid dienone is 2. The summed E-state index contributed by atoms with van der Waals surface area (Å²) in [5.74, 6) is 0.673. The van der Waals surface area contributed by atoms with Crippen molar-refractivity contribution < 1.29 is 4.59 Å². The molecule has 1 atom stereocenters. The molecule has 0 bridgehead atoms. The van der Waals surface area contributed by atoms with Gasteiger partial charge in [0.2, 0.25) is 0 Å². The summed E-state index contributed by atoms with van der Waals surface area (Å²) in [6.45, 7) is 0. The standard InChI is InChI=1S/C10H19N2/c1-12(2,3)11-9-10-7-5-4-6-8-10/h4-5,9-10H,6-8H2,1-3H3/q+1/b11-9+/t10-/m1/s1. The summed E-state index contributed by atoms with van der Waals surface area (Å²) in [6, 6.07) is 0. The first-order valence-corrected chi connectivity index (χ1v) is 4.60. The van der Waals surface area contributed by atoms with E-state index in [2.05, 4.69) is 44.6 Å². The zero-order valence-corrected chi connectivity index (χ0v) is 8.33. The fraction of sp³-hybridized carbons (Fsp3) is 0.700. The first-order chi connectivity index (χ1) is 5.58. The molecule has 2 heteroatoms. The van der Waals surface area contributed by atoms with Crippen LogP contribution < -0.4 is 0 Å². The zero-order chi connectivity index (χ0) is 9.03. The van der Waals surface area contributed by atoms with Gasteiger partial charge >= 0.3 is 0 Å². The summed E-state index contributed by atoms with van der Waals surface area (Å²) in [5.41, 5.74) is 0. The van der Waals surface area contributed by atoms with Crippen molar-refractivity contribution in [3.63, 3.8) is 0 Å². The van der Waals surface area contributed by atoms with E-state index >= 15 is 0 Å². The Morgan fingerprint density at radius 3 is 2.58 bits per heavy atom. The number of hydrogen-bond acceptors (Lipinski definition) is 1. The molecule has 0 amide bonds. The molecule has 0 saturated carbocycles. The van der Waals surface area contributed by atoms with Gasteiger partial charge in [-0.3, -0.25) is 0 Å². The van der Waals surface area contributed by atoms with Crippen molar-refractivity contribution in [1.82, 2.24) is 0 Å². The predicted octanol–water partition coefficient (Wildman–Crippen LogP) is 2.03. The van der Waals surface area contributed by atoms with Crippen molar-refractivity contribution in [3.8, 4) is 0 Å². The molecule has 0 N–H and O–H groups in total. The second-order valence-electron chi connectivity index (χ2n) is 4.25. The smallest absolute Gasteiger partial charge is 0.0923 e. The van der Waals surface area contributed by atoms with Crippen LogP contribution in [-0.2, 0) is 0 Å². The first-order valence-electron chi connectivity index (χ1n) is 4.60. The van der Waals surface area contributed by atoms with E-state index in [0.717, 1.165) is 0 Å². The van der Waals surface area contributed by atoms with Gasteiger partial charge in [0.15, 0.2) is 0 Å². The predicted molar refractivity (Wildman–Crippen MR) is 53.0 cm³/mol. The van der Waals surface area contributed by atoms with Gasteiger partial charge in [-0.25, -0.2) is 4.59 Å². The molecule has 0 spiro atoms. The quantitative estimate of drug-likeness (QED) is 0.258. The molecular formula is C10H19N2+. The number of nitrogens with zero attached hydrogens (tertiary/aromatic N) is 2. The summed E-state index contributed by atoms with van der Waals surface area (Å²) in [5, 5.41) is 4.46. The maximum Gasteiger partial charge on any atom is 0.0923 e. The highest BCUT2D eigenvalue weighted by molar-refractivity contribution is 5.60. The van der Waals surface area contributed by atoms with Crippen LogP contribution in [0.3, 0.4) is 0 Å². The second kappa shape index (κ2) is 3.85. The molecule has 0 aliphatic heterocycles. The Labute approximate surface area is 75.2 Å². The summed E-state index contributed by atoms with van der Waals surface area (Å²) in [6.07, 6.45) is 10.3. The normalized spacial score (nSPS) is 25.1. The minimum absolute atomic E-state index is 0.673. The molecule has 0 heterocycles. The molecule has 0 fully saturated rings. The van der Waals surface area contributed by atoms with E-state index in [9.17, 15) is 0 Å². The van der Waals surface area contributed by atoms with Crippen LogP contribution in [0, 0.1) is 5.92 Å². The van der Waals surface area contributed by atoms with Gasteiger partial charge in [-0.2, -0.15) is 0 Å². The largest absolute Gasteiger partial charge is 0.205 e. The first kappa shape index (κ1) is 9.46. The lowest BCUT2D eigenvalue weighted by molar-refractivity contribution is -0.876. The average Bonchev–Trinajstić information content (AvgIpc) is 2.02. The third-order valence-electron chi connectivity index (χ3n) is 1.93. The third kappa shape index (κ3) is 3.67. The van der Waals surface area contributed by atoms with Crippen molar-refractivity contribution in [2.24, 2.45) is 11.0 Å². The molecule has 1 rings (SSSR count). The van der Waals surface area contributed by atoms with Crippen LogP contribution >= 0.6 is 0 Å². The summed E-state index contributed by atoms with van der Waals surface area (Å²) in [7, 11) is 6.24. The van der Waals surface area contributed by atoms with Crippen LogP contribution in [0.15, 0.2) is 17.3 Å².